The zero-order valence-electron chi connectivity index (χ0n) is 21.5. The van der Waals surface area contributed by atoms with Crippen LogP contribution < -0.4 is 5.32 Å². The van der Waals surface area contributed by atoms with E-state index in [1.54, 1.807) is 0 Å². The van der Waals surface area contributed by atoms with Gasteiger partial charge in [-0.3, -0.25) is 0 Å². The van der Waals surface area contributed by atoms with Crippen LogP contribution in [0.3, 0.4) is 0 Å². The zero-order valence-corrected chi connectivity index (χ0v) is 21.5. The van der Waals surface area contributed by atoms with Crippen molar-refractivity contribution in [3.05, 3.63) is 95.6 Å². The summed E-state index contributed by atoms with van der Waals surface area (Å²) in [6.45, 7) is 15.4. The highest BCUT2D eigenvalue weighted by molar-refractivity contribution is 6.04. The van der Waals surface area contributed by atoms with Gasteiger partial charge in [0.1, 0.15) is 5.75 Å². The van der Waals surface area contributed by atoms with E-state index in [2.05, 4.69) is 127 Å². The molecule has 4 rings (SSSR count). The van der Waals surface area contributed by atoms with Crippen molar-refractivity contribution in [3.8, 4) is 16.9 Å². The lowest BCUT2D eigenvalue weighted by Gasteiger charge is -2.29. The predicted octanol–water partition coefficient (Wildman–Crippen LogP) is 8.98. The number of benzene rings is 4. The molecular formula is C32H37NO. The molecular weight excluding hydrogens is 414 g/mol. The van der Waals surface area contributed by atoms with Crippen LogP contribution in [0.15, 0.2) is 78.9 Å². The number of phenols is 1. The average molecular weight is 452 g/mol. The van der Waals surface area contributed by atoms with Crippen molar-refractivity contribution < 1.29 is 5.11 Å². The summed E-state index contributed by atoms with van der Waals surface area (Å²) in [7, 11) is 0. The number of hydrogen-bond acceptors (Lipinski definition) is 2. The molecule has 2 heteroatoms. The first kappa shape index (κ1) is 23.9. The van der Waals surface area contributed by atoms with Gasteiger partial charge in [-0.2, -0.15) is 0 Å². The largest absolute Gasteiger partial charge is 0.507 e. The summed E-state index contributed by atoms with van der Waals surface area (Å²) in [5.41, 5.74) is 6.16. The number of hydrogen-bond donors (Lipinski definition) is 2. The summed E-state index contributed by atoms with van der Waals surface area (Å²) in [4.78, 5) is 0. The fourth-order valence-electron chi connectivity index (χ4n) is 4.57. The molecule has 0 saturated heterocycles. The van der Waals surface area contributed by atoms with E-state index >= 15 is 0 Å². The maximum absolute atomic E-state index is 11.7. The van der Waals surface area contributed by atoms with Gasteiger partial charge in [0, 0.05) is 28.4 Å². The van der Waals surface area contributed by atoms with Gasteiger partial charge in [-0.25, -0.2) is 0 Å². The maximum atomic E-state index is 11.7. The Hall–Kier alpha value is -3.26. The molecule has 0 spiro atoms. The van der Waals surface area contributed by atoms with Gasteiger partial charge in [0.2, 0.25) is 0 Å². The third kappa shape index (κ3) is 4.68. The lowest BCUT2D eigenvalue weighted by molar-refractivity contribution is 0.446. The smallest absolute Gasteiger partial charge is 0.127 e. The topological polar surface area (TPSA) is 32.3 Å². The molecule has 0 radical (unpaired) electrons. The molecule has 0 aliphatic carbocycles. The van der Waals surface area contributed by atoms with E-state index in [1.807, 2.05) is 6.07 Å². The first-order valence-corrected chi connectivity index (χ1v) is 12.2. The molecule has 4 aromatic rings. The molecule has 1 unspecified atom stereocenters. The molecule has 0 fully saturated rings. The van der Waals surface area contributed by atoms with Crippen molar-refractivity contribution in [3.63, 3.8) is 0 Å². The first-order valence-electron chi connectivity index (χ1n) is 12.2. The SMILES string of the molecule is CC(Nc1ccc2ccccc2c1-c1cc(C(C)(C)C)cc(C(C)(C)C)c1O)c1ccccc1. The number of aromatic hydroxyl groups is 1. The van der Waals surface area contributed by atoms with Crippen LogP contribution in [-0.4, -0.2) is 5.11 Å². The van der Waals surface area contributed by atoms with E-state index in [4.69, 9.17) is 0 Å². The Morgan fingerprint density at radius 1 is 0.735 bits per heavy atom. The third-order valence-corrected chi connectivity index (χ3v) is 6.65. The number of phenolic OH excluding ortho intramolecular Hbond substituents is 1. The van der Waals surface area contributed by atoms with Crippen molar-refractivity contribution >= 4 is 16.5 Å². The Bertz CT molecular complexity index is 1310. The van der Waals surface area contributed by atoms with E-state index in [1.165, 1.54) is 11.1 Å². The first-order chi connectivity index (χ1) is 16.0. The van der Waals surface area contributed by atoms with Crippen LogP contribution in [0.25, 0.3) is 21.9 Å². The fraction of sp³-hybridized carbons (Fsp3) is 0.312. The highest BCUT2D eigenvalue weighted by Crippen LogP contribution is 2.46. The molecule has 0 aromatic heterocycles. The third-order valence-electron chi connectivity index (χ3n) is 6.65. The molecule has 4 aromatic carbocycles. The average Bonchev–Trinajstić information content (AvgIpc) is 2.78. The molecule has 0 heterocycles. The number of fused-ring (bicyclic) bond motifs is 1. The van der Waals surface area contributed by atoms with Crippen LogP contribution in [0.5, 0.6) is 5.75 Å². The molecule has 0 aliphatic heterocycles. The molecule has 2 N–H and O–H groups in total. The second-order valence-electron chi connectivity index (χ2n) is 11.4. The fourth-order valence-corrected chi connectivity index (χ4v) is 4.57. The Labute approximate surface area is 204 Å². The summed E-state index contributed by atoms with van der Waals surface area (Å²) < 4.78 is 0. The van der Waals surface area contributed by atoms with Crippen molar-refractivity contribution in [1.29, 1.82) is 0 Å². The van der Waals surface area contributed by atoms with Gasteiger partial charge in [-0.1, -0.05) is 108 Å². The summed E-state index contributed by atoms with van der Waals surface area (Å²) in [5, 5.41) is 17.7. The maximum Gasteiger partial charge on any atom is 0.127 e. The van der Waals surface area contributed by atoms with Gasteiger partial charge >= 0.3 is 0 Å². The number of rotatable bonds is 4. The molecule has 1 atom stereocenters. The van der Waals surface area contributed by atoms with Crippen LogP contribution in [0.2, 0.25) is 0 Å². The monoisotopic (exact) mass is 451 g/mol. The molecule has 0 amide bonds. The lowest BCUT2D eigenvalue weighted by atomic mass is 9.77. The van der Waals surface area contributed by atoms with Gasteiger partial charge < -0.3 is 10.4 Å². The second-order valence-corrected chi connectivity index (χ2v) is 11.4. The highest BCUT2D eigenvalue weighted by atomic mass is 16.3. The van der Waals surface area contributed by atoms with Crippen molar-refractivity contribution in [2.45, 2.75) is 65.3 Å². The number of anilines is 1. The van der Waals surface area contributed by atoms with Gasteiger partial charge in [0.05, 0.1) is 0 Å². The van der Waals surface area contributed by atoms with Crippen LogP contribution in [-0.2, 0) is 10.8 Å². The molecule has 0 bridgehead atoms. The van der Waals surface area contributed by atoms with Crippen molar-refractivity contribution in [2.75, 3.05) is 5.32 Å². The lowest BCUT2D eigenvalue weighted by Crippen LogP contribution is -2.17. The summed E-state index contributed by atoms with van der Waals surface area (Å²) in [6.07, 6.45) is 0. The normalized spacial score (nSPS) is 13.1. The Balaban J connectivity index is 2.01. The van der Waals surface area contributed by atoms with Crippen LogP contribution in [0, 0.1) is 0 Å². The minimum Gasteiger partial charge on any atom is -0.507 e. The van der Waals surface area contributed by atoms with Crippen LogP contribution >= 0.6 is 0 Å². The van der Waals surface area contributed by atoms with E-state index < -0.39 is 0 Å². The quantitative estimate of drug-likeness (QED) is 0.324. The summed E-state index contributed by atoms with van der Waals surface area (Å²) in [5.74, 6) is 0.368. The second kappa shape index (κ2) is 8.83. The Kier molecular flexibility index (Phi) is 6.20. The Morgan fingerprint density at radius 2 is 1.38 bits per heavy atom. The van der Waals surface area contributed by atoms with E-state index in [0.29, 0.717) is 5.75 Å². The molecule has 0 aliphatic rings. The van der Waals surface area contributed by atoms with E-state index in [-0.39, 0.29) is 16.9 Å². The molecule has 34 heavy (non-hydrogen) atoms. The summed E-state index contributed by atoms with van der Waals surface area (Å²) in [6, 6.07) is 27.7. The predicted molar refractivity (Wildman–Crippen MR) is 147 cm³/mol. The minimum atomic E-state index is -0.185. The van der Waals surface area contributed by atoms with Gasteiger partial charge in [-0.05, 0) is 51.8 Å². The van der Waals surface area contributed by atoms with Gasteiger partial charge in [0.15, 0.2) is 0 Å². The minimum absolute atomic E-state index is 0.0437. The van der Waals surface area contributed by atoms with Crippen LogP contribution in [0.1, 0.15) is 71.2 Å². The highest BCUT2D eigenvalue weighted by Gasteiger charge is 2.27. The molecule has 2 nitrogen and oxygen atoms in total. The van der Waals surface area contributed by atoms with Gasteiger partial charge in [-0.15, -0.1) is 0 Å². The number of nitrogens with one attached hydrogen (secondary N) is 1. The van der Waals surface area contributed by atoms with Crippen molar-refractivity contribution in [2.24, 2.45) is 0 Å². The Morgan fingerprint density at radius 3 is 2.03 bits per heavy atom. The van der Waals surface area contributed by atoms with Crippen molar-refractivity contribution in [1.82, 2.24) is 0 Å². The molecule has 176 valence electrons. The standard InChI is InChI=1S/C32H37NO/c1-21(22-13-9-8-10-14-22)33-28-18-17-23-15-11-12-16-25(23)29(28)26-19-24(31(2,3)4)20-27(30(26)34)32(5,6)7/h8-21,33-34H,1-7H3. The van der Waals surface area contributed by atoms with Crippen LogP contribution in [0.4, 0.5) is 5.69 Å². The molecule has 0 saturated carbocycles. The zero-order chi connectivity index (χ0) is 24.7. The van der Waals surface area contributed by atoms with Gasteiger partial charge in [0.25, 0.3) is 0 Å². The van der Waals surface area contributed by atoms with E-state index in [9.17, 15) is 5.11 Å². The summed E-state index contributed by atoms with van der Waals surface area (Å²) >= 11 is 0. The van der Waals surface area contributed by atoms with E-state index in [0.717, 1.165) is 33.2 Å².